The number of carbonyl (C=O) groups is 1. The van der Waals surface area contributed by atoms with E-state index in [2.05, 4.69) is 10.2 Å². The van der Waals surface area contributed by atoms with E-state index in [1.165, 1.54) is 0 Å². The van der Waals surface area contributed by atoms with E-state index in [4.69, 9.17) is 27.9 Å². The summed E-state index contributed by atoms with van der Waals surface area (Å²) in [5.41, 5.74) is 2.16. The van der Waals surface area contributed by atoms with Crippen LogP contribution in [0.4, 0.5) is 0 Å². The Hall–Kier alpha value is -1.52. The minimum atomic E-state index is -0.420. The van der Waals surface area contributed by atoms with Crippen LogP contribution < -0.4 is 0 Å². The molecule has 1 aromatic heterocycles. The van der Waals surface area contributed by atoms with Gasteiger partial charge in [-0.3, -0.25) is 5.10 Å². The summed E-state index contributed by atoms with van der Waals surface area (Å²) in [5, 5.41) is 8.11. The van der Waals surface area contributed by atoms with Crippen LogP contribution in [0.3, 0.4) is 0 Å². The van der Waals surface area contributed by atoms with Crippen molar-refractivity contribution in [2.75, 3.05) is 6.61 Å². The average Bonchev–Trinajstić information content (AvgIpc) is 2.92. The molecule has 0 aliphatic carbocycles. The van der Waals surface area contributed by atoms with Gasteiger partial charge >= 0.3 is 5.97 Å². The van der Waals surface area contributed by atoms with Gasteiger partial charge in [-0.25, -0.2) is 4.79 Å². The van der Waals surface area contributed by atoms with Gasteiger partial charge in [0.15, 0.2) is 5.69 Å². The summed E-state index contributed by atoms with van der Waals surface area (Å²) < 4.78 is 4.91. The van der Waals surface area contributed by atoms with Crippen molar-refractivity contribution >= 4 is 29.2 Å². The largest absolute Gasteiger partial charge is 0.461 e. The smallest absolute Gasteiger partial charge is 0.358 e. The van der Waals surface area contributed by atoms with Gasteiger partial charge in [0.05, 0.1) is 6.61 Å². The minimum Gasteiger partial charge on any atom is -0.461 e. The molecule has 1 aromatic carbocycles. The third-order valence-electron chi connectivity index (χ3n) is 3.15. The lowest BCUT2D eigenvalue weighted by molar-refractivity contribution is 0.0519. The molecule has 21 heavy (non-hydrogen) atoms. The van der Waals surface area contributed by atoms with Crippen LogP contribution >= 0.6 is 23.2 Å². The Labute approximate surface area is 133 Å². The predicted octanol–water partition coefficient (Wildman–Crippen LogP) is 4.24. The molecule has 2 aromatic rings. The number of H-pyrrole nitrogens is 1. The SMILES string of the molecule is CCOC(=O)c1cc(C(C)Cc2ccc(Cl)cc2Cl)[nH]n1. The Bertz CT molecular complexity index is 640. The second kappa shape index (κ2) is 6.96. The summed E-state index contributed by atoms with van der Waals surface area (Å²) in [6.45, 7) is 4.13. The van der Waals surface area contributed by atoms with Crippen LogP contribution in [0, 0.1) is 0 Å². The molecule has 1 heterocycles. The van der Waals surface area contributed by atoms with E-state index in [0.29, 0.717) is 22.3 Å². The quantitative estimate of drug-likeness (QED) is 0.836. The summed E-state index contributed by atoms with van der Waals surface area (Å²) in [6, 6.07) is 7.16. The van der Waals surface area contributed by atoms with E-state index in [1.54, 1.807) is 19.1 Å². The molecule has 2 rings (SSSR count). The third kappa shape index (κ3) is 3.99. The van der Waals surface area contributed by atoms with Crippen LogP contribution in [0.15, 0.2) is 24.3 Å². The average molecular weight is 327 g/mol. The molecule has 1 atom stereocenters. The number of esters is 1. The Kier molecular flexibility index (Phi) is 5.26. The number of nitrogens with zero attached hydrogens (tertiary/aromatic N) is 1. The molecule has 0 aliphatic heterocycles. The molecular formula is C15H16Cl2N2O2. The van der Waals surface area contributed by atoms with Crippen molar-refractivity contribution in [2.45, 2.75) is 26.2 Å². The van der Waals surface area contributed by atoms with Crippen molar-refractivity contribution in [2.24, 2.45) is 0 Å². The zero-order chi connectivity index (χ0) is 15.4. The van der Waals surface area contributed by atoms with E-state index < -0.39 is 5.97 Å². The van der Waals surface area contributed by atoms with E-state index in [1.807, 2.05) is 19.1 Å². The monoisotopic (exact) mass is 326 g/mol. The van der Waals surface area contributed by atoms with E-state index in [-0.39, 0.29) is 5.92 Å². The second-order valence-corrected chi connectivity index (χ2v) is 5.61. The molecule has 0 bridgehead atoms. The van der Waals surface area contributed by atoms with Crippen LogP contribution in [-0.4, -0.2) is 22.8 Å². The number of halogens is 2. The topological polar surface area (TPSA) is 55.0 Å². The Balaban J connectivity index is 2.10. The highest BCUT2D eigenvalue weighted by molar-refractivity contribution is 6.35. The van der Waals surface area contributed by atoms with Crippen molar-refractivity contribution < 1.29 is 9.53 Å². The molecule has 1 N–H and O–H groups in total. The van der Waals surface area contributed by atoms with Gasteiger partial charge in [-0.05, 0) is 37.1 Å². The first-order chi connectivity index (χ1) is 10.0. The third-order valence-corrected chi connectivity index (χ3v) is 3.74. The van der Waals surface area contributed by atoms with Gasteiger partial charge in [0.25, 0.3) is 0 Å². The van der Waals surface area contributed by atoms with Crippen LogP contribution in [0.2, 0.25) is 10.0 Å². The fraction of sp³-hybridized carbons (Fsp3) is 0.333. The van der Waals surface area contributed by atoms with E-state index >= 15 is 0 Å². The molecule has 0 aliphatic rings. The molecular weight excluding hydrogens is 311 g/mol. The number of aromatic nitrogens is 2. The van der Waals surface area contributed by atoms with Gasteiger partial charge in [-0.1, -0.05) is 36.2 Å². The molecule has 0 saturated heterocycles. The standard InChI is InChI=1S/C15H16Cl2N2O2/c1-3-21-15(20)14-8-13(18-19-14)9(2)6-10-4-5-11(16)7-12(10)17/h4-5,7-9H,3,6H2,1-2H3,(H,18,19). The highest BCUT2D eigenvalue weighted by atomic mass is 35.5. The summed E-state index contributed by atoms with van der Waals surface area (Å²) in [7, 11) is 0. The summed E-state index contributed by atoms with van der Waals surface area (Å²) >= 11 is 12.1. The first kappa shape index (κ1) is 15.9. The number of hydrogen-bond donors (Lipinski definition) is 1. The van der Waals surface area contributed by atoms with E-state index in [9.17, 15) is 4.79 Å². The number of aromatic amines is 1. The molecule has 0 spiro atoms. The van der Waals surface area contributed by atoms with Gasteiger partial charge < -0.3 is 4.74 Å². The number of carbonyl (C=O) groups excluding carboxylic acids is 1. The lowest BCUT2D eigenvalue weighted by Gasteiger charge is -2.10. The highest BCUT2D eigenvalue weighted by Gasteiger charge is 2.16. The first-order valence-corrected chi connectivity index (χ1v) is 7.43. The fourth-order valence-corrected chi connectivity index (χ4v) is 2.51. The Morgan fingerprint density at radius 1 is 1.38 bits per heavy atom. The van der Waals surface area contributed by atoms with Crippen LogP contribution in [0.5, 0.6) is 0 Å². The summed E-state index contributed by atoms with van der Waals surface area (Å²) in [6.07, 6.45) is 0.723. The second-order valence-electron chi connectivity index (χ2n) is 4.77. The summed E-state index contributed by atoms with van der Waals surface area (Å²) in [5.74, 6) is -0.281. The van der Waals surface area contributed by atoms with Crippen molar-refractivity contribution in [1.29, 1.82) is 0 Å². The maximum atomic E-state index is 11.6. The number of benzene rings is 1. The Morgan fingerprint density at radius 2 is 2.14 bits per heavy atom. The normalized spacial score (nSPS) is 12.2. The maximum absolute atomic E-state index is 11.6. The van der Waals surface area contributed by atoms with Crippen molar-refractivity contribution in [3.05, 3.63) is 51.3 Å². The molecule has 0 radical (unpaired) electrons. The number of nitrogens with one attached hydrogen (secondary N) is 1. The fourth-order valence-electron chi connectivity index (χ4n) is 2.03. The molecule has 6 heteroatoms. The minimum absolute atomic E-state index is 0.138. The maximum Gasteiger partial charge on any atom is 0.358 e. The predicted molar refractivity (Wildman–Crippen MR) is 83.1 cm³/mol. The van der Waals surface area contributed by atoms with Gasteiger partial charge in [0, 0.05) is 21.7 Å². The lowest BCUT2D eigenvalue weighted by atomic mass is 9.98. The number of rotatable bonds is 5. The highest BCUT2D eigenvalue weighted by Crippen LogP contribution is 2.26. The van der Waals surface area contributed by atoms with Crippen LogP contribution in [-0.2, 0) is 11.2 Å². The van der Waals surface area contributed by atoms with Gasteiger partial charge in [-0.15, -0.1) is 0 Å². The van der Waals surface area contributed by atoms with Gasteiger partial charge in [0.2, 0.25) is 0 Å². The van der Waals surface area contributed by atoms with Crippen LogP contribution in [0.1, 0.15) is 41.5 Å². The zero-order valence-corrected chi connectivity index (χ0v) is 13.3. The molecule has 112 valence electrons. The van der Waals surface area contributed by atoms with Crippen molar-refractivity contribution in [3.8, 4) is 0 Å². The van der Waals surface area contributed by atoms with Gasteiger partial charge in [-0.2, -0.15) is 5.10 Å². The lowest BCUT2D eigenvalue weighted by Crippen LogP contribution is -2.04. The Morgan fingerprint density at radius 3 is 2.81 bits per heavy atom. The van der Waals surface area contributed by atoms with Crippen LogP contribution in [0.25, 0.3) is 0 Å². The van der Waals surface area contributed by atoms with Gasteiger partial charge in [0.1, 0.15) is 0 Å². The van der Waals surface area contributed by atoms with Crippen molar-refractivity contribution in [1.82, 2.24) is 10.2 Å². The number of ether oxygens (including phenoxy) is 1. The molecule has 0 saturated carbocycles. The summed E-state index contributed by atoms with van der Waals surface area (Å²) in [4.78, 5) is 11.6. The zero-order valence-electron chi connectivity index (χ0n) is 11.8. The first-order valence-electron chi connectivity index (χ1n) is 6.67. The van der Waals surface area contributed by atoms with Crippen molar-refractivity contribution in [3.63, 3.8) is 0 Å². The molecule has 4 nitrogen and oxygen atoms in total. The molecule has 1 unspecified atom stereocenters. The van der Waals surface area contributed by atoms with E-state index in [0.717, 1.165) is 17.7 Å². The molecule has 0 fully saturated rings. The molecule has 0 amide bonds. The number of hydrogen-bond acceptors (Lipinski definition) is 3.